The molecule has 1 aliphatic rings. The minimum atomic E-state index is 0.173. The number of thioether (sulfide) groups is 1. The highest BCUT2D eigenvalue weighted by Gasteiger charge is 2.18. The zero-order chi connectivity index (χ0) is 14.7. The van der Waals surface area contributed by atoms with Gasteiger partial charge in [0.1, 0.15) is 5.01 Å². The average Bonchev–Trinajstić information content (AvgIpc) is 2.97. The summed E-state index contributed by atoms with van der Waals surface area (Å²) < 4.78 is 0. The van der Waals surface area contributed by atoms with Crippen LogP contribution in [0.4, 0.5) is 0 Å². The summed E-state index contributed by atoms with van der Waals surface area (Å²) in [5.41, 5.74) is 1.76. The monoisotopic (exact) mass is 338 g/mol. The standard InChI is InChI=1S/C15H15ClN2OS2/c16-13-4-2-1-3-12(13)15-17-11(10-21-15)9-14(19)18-5-7-20-8-6-18/h1-4,10H,5-9H2. The highest BCUT2D eigenvalue weighted by atomic mass is 35.5. The van der Waals surface area contributed by atoms with Crippen molar-refractivity contribution in [1.82, 2.24) is 9.88 Å². The molecule has 0 N–H and O–H groups in total. The Morgan fingerprint density at radius 1 is 1.29 bits per heavy atom. The van der Waals surface area contributed by atoms with Crippen molar-refractivity contribution in [3.05, 3.63) is 40.4 Å². The molecule has 3 nitrogen and oxygen atoms in total. The minimum Gasteiger partial charge on any atom is -0.341 e. The molecular weight excluding hydrogens is 324 g/mol. The molecule has 1 aliphatic heterocycles. The van der Waals surface area contributed by atoms with Crippen LogP contribution in [0, 0.1) is 0 Å². The van der Waals surface area contributed by atoms with E-state index in [0.29, 0.717) is 11.4 Å². The van der Waals surface area contributed by atoms with Gasteiger partial charge in [0.15, 0.2) is 0 Å². The van der Waals surface area contributed by atoms with Crippen molar-refractivity contribution >= 4 is 40.6 Å². The number of aromatic nitrogens is 1. The Labute approximate surface area is 137 Å². The molecular formula is C15H15ClN2OS2. The van der Waals surface area contributed by atoms with Gasteiger partial charge in [-0.3, -0.25) is 4.79 Å². The molecule has 1 fully saturated rings. The number of benzene rings is 1. The molecule has 1 aromatic carbocycles. The molecule has 0 saturated carbocycles. The average molecular weight is 339 g/mol. The zero-order valence-corrected chi connectivity index (χ0v) is 13.8. The lowest BCUT2D eigenvalue weighted by Gasteiger charge is -2.26. The van der Waals surface area contributed by atoms with E-state index in [9.17, 15) is 4.79 Å². The topological polar surface area (TPSA) is 33.2 Å². The van der Waals surface area contributed by atoms with E-state index >= 15 is 0 Å². The summed E-state index contributed by atoms with van der Waals surface area (Å²) in [6, 6.07) is 7.65. The Bertz CT molecular complexity index is 638. The smallest absolute Gasteiger partial charge is 0.228 e. The molecule has 110 valence electrons. The molecule has 21 heavy (non-hydrogen) atoms. The van der Waals surface area contributed by atoms with Crippen molar-refractivity contribution in [2.75, 3.05) is 24.6 Å². The van der Waals surface area contributed by atoms with Crippen LogP contribution in [-0.2, 0) is 11.2 Å². The lowest BCUT2D eigenvalue weighted by Crippen LogP contribution is -2.38. The number of nitrogens with zero attached hydrogens (tertiary/aromatic N) is 2. The van der Waals surface area contributed by atoms with Crippen molar-refractivity contribution in [2.45, 2.75) is 6.42 Å². The Morgan fingerprint density at radius 2 is 2.05 bits per heavy atom. The second-order valence-electron chi connectivity index (χ2n) is 4.79. The number of amides is 1. The molecule has 1 saturated heterocycles. The number of carbonyl (C=O) groups excluding carboxylic acids is 1. The van der Waals surface area contributed by atoms with Crippen LogP contribution in [0.1, 0.15) is 5.69 Å². The van der Waals surface area contributed by atoms with Crippen molar-refractivity contribution < 1.29 is 4.79 Å². The second kappa shape index (κ2) is 6.81. The molecule has 0 bridgehead atoms. The van der Waals surface area contributed by atoms with Crippen LogP contribution in [0.25, 0.3) is 10.6 Å². The zero-order valence-electron chi connectivity index (χ0n) is 11.4. The maximum absolute atomic E-state index is 12.2. The van der Waals surface area contributed by atoms with Gasteiger partial charge in [-0.2, -0.15) is 11.8 Å². The summed E-state index contributed by atoms with van der Waals surface area (Å²) in [5.74, 6) is 2.24. The van der Waals surface area contributed by atoms with Gasteiger partial charge in [-0.1, -0.05) is 29.8 Å². The van der Waals surface area contributed by atoms with E-state index in [2.05, 4.69) is 4.98 Å². The molecule has 2 aromatic rings. The Hall–Kier alpha value is -1.04. The molecule has 1 aromatic heterocycles. The van der Waals surface area contributed by atoms with E-state index in [1.54, 1.807) is 0 Å². The van der Waals surface area contributed by atoms with Crippen molar-refractivity contribution in [3.63, 3.8) is 0 Å². The van der Waals surface area contributed by atoms with Crippen LogP contribution < -0.4 is 0 Å². The SMILES string of the molecule is O=C(Cc1csc(-c2ccccc2Cl)n1)N1CCSCC1. The predicted molar refractivity (Wildman–Crippen MR) is 90.2 cm³/mol. The van der Waals surface area contributed by atoms with Crippen molar-refractivity contribution in [2.24, 2.45) is 0 Å². The number of carbonyl (C=O) groups is 1. The molecule has 6 heteroatoms. The van der Waals surface area contributed by atoms with Crippen molar-refractivity contribution in [3.8, 4) is 10.6 Å². The van der Waals surface area contributed by atoms with Crippen LogP contribution in [0.3, 0.4) is 0 Å². The normalized spacial score (nSPS) is 15.2. The van der Waals surface area contributed by atoms with E-state index in [-0.39, 0.29) is 5.91 Å². The van der Waals surface area contributed by atoms with Gasteiger partial charge in [-0.05, 0) is 6.07 Å². The lowest BCUT2D eigenvalue weighted by atomic mass is 10.2. The third kappa shape index (κ3) is 3.59. The van der Waals surface area contributed by atoms with Crippen LogP contribution in [0.2, 0.25) is 5.02 Å². The van der Waals surface area contributed by atoms with Gasteiger partial charge in [0.05, 0.1) is 17.1 Å². The van der Waals surface area contributed by atoms with E-state index in [4.69, 9.17) is 11.6 Å². The number of halogens is 1. The first-order chi connectivity index (χ1) is 10.2. The maximum atomic E-state index is 12.2. The number of rotatable bonds is 3. The minimum absolute atomic E-state index is 0.173. The Balaban J connectivity index is 1.70. The lowest BCUT2D eigenvalue weighted by molar-refractivity contribution is -0.130. The third-order valence-corrected chi connectivity index (χ3v) is 5.55. The fourth-order valence-electron chi connectivity index (χ4n) is 2.23. The van der Waals surface area contributed by atoms with Crippen molar-refractivity contribution in [1.29, 1.82) is 0 Å². The van der Waals surface area contributed by atoms with Crippen LogP contribution >= 0.6 is 34.7 Å². The molecule has 0 unspecified atom stereocenters. The molecule has 3 rings (SSSR count). The van der Waals surface area contributed by atoms with Gasteiger partial charge in [-0.15, -0.1) is 11.3 Å². The van der Waals surface area contributed by atoms with E-state index < -0.39 is 0 Å². The number of hydrogen-bond acceptors (Lipinski definition) is 4. The fraction of sp³-hybridized carbons (Fsp3) is 0.333. The van der Waals surface area contributed by atoms with Gasteiger partial charge in [0.25, 0.3) is 0 Å². The first-order valence-electron chi connectivity index (χ1n) is 6.79. The summed E-state index contributed by atoms with van der Waals surface area (Å²) in [5, 5.41) is 3.52. The first kappa shape index (κ1) is 14.9. The highest BCUT2D eigenvalue weighted by Crippen LogP contribution is 2.30. The van der Waals surface area contributed by atoms with E-state index in [0.717, 1.165) is 40.9 Å². The quantitative estimate of drug-likeness (QED) is 0.857. The molecule has 2 heterocycles. The van der Waals surface area contributed by atoms with E-state index in [1.165, 1.54) is 11.3 Å². The van der Waals surface area contributed by atoms with Gasteiger partial charge in [0, 0.05) is 35.5 Å². The van der Waals surface area contributed by atoms with Gasteiger partial charge < -0.3 is 4.90 Å². The Kier molecular flexibility index (Phi) is 4.83. The summed E-state index contributed by atoms with van der Waals surface area (Å²) in [7, 11) is 0. The first-order valence-corrected chi connectivity index (χ1v) is 9.20. The van der Waals surface area contributed by atoms with Gasteiger partial charge in [0.2, 0.25) is 5.91 Å². The maximum Gasteiger partial charge on any atom is 0.228 e. The van der Waals surface area contributed by atoms with E-state index in [1.807, 2.05) is 46.3 Å². The van der Waals surface area contributed by atoms with Crippen LogP contribution in [0.15, 0.2) is 29.6 Å². The molecule has 0 spiro atoms. The summed E-state index contributed by atoms with van der Waals surface area (Å²) in [6.45, 7) is 1.70. The van der Waals surface area contributed by atoms with Gasteiger partial charge in [-0.25, -0.2) is 4.98 Å². The number of thiazole rings is 1. The Morgan fingerprint density at radius 3 is 2.81 bits per heavy atom. The highest BCUT2D eigenvalue weighted by molar-refractivity contribution is 7.99. The molecule has 0 aliphatic carbocycles. The molecule has 0 radical (unpaired) electrons. The summed E-state index contributed by atoms with van der Waals surface area (Å²) in [4.78, 5) is 18.7. The van der Waals surface area contributed by atoms with Crippen LogP contribution in [-0.4, -0.2) is 40.4 Å². The second-order valence-corrected chi connectivity index (χ2v) is 7.28. The van der Waals surface area contributed by atoms with Gasteiger partial charge >= 0.3 is 0 Å². The fourth-order valence-corrected chi connectivity index (χ4v) is 4.27. The molecule has 0 atom stereocenters. The van der Waals surface area contributed by atoms with Crippen LogP contribution in [0.5, 0.6) is 0 Å². The largest absolute Gasteiger partial charge is 0.341 e. The number of hydrogen-bond donors (Lipinski definition) is 0. The predicted octanol–water partition coefficient (Wildman–Crippen LogP) is 3.58. The summed E-state index contributed by atoms with van der Waals surface area (Å²) >= 11 is 9.62. The third-order valence-electron chi connectivity index (χ3n) is 3.35. The molecule has 1 amide bonds. The summed E-state index contributed by atoms with van der Waals surface area (Å²) in [6.07, 6.45) is 0.381.